The molecule has 0 spiro atoms. The first kappa shape index (κ1) is 16.5. The molecule has 2 N–H and O–H groups in total. The Morgan fingerprint density at radius 1 is 1.55 bits per heavy atom. The van der Waals surface area contributed by atoms with Gasteiger partial charge in [0.25, 0.3) is 5.91 Å². The fourth-order valence-corrected chi connectivity index (χ4v) is 3.12. The van der Waals surface area contributed by atoms with Gasteiger partial charge in [-0.1, -0.05) is 13.8 Å². The Balaban J connectivity index is 2.26. The monoisotopic (exact) mass is 309 g/mol. The lowest BCUT2D eigenvalue weighted by Crippen LogP contribution is -2.76. The zero-order valence-corrected chi connectivity index (χ0v) is 13.6. The smallest absolute Gasteiger partial charge is 0.330 e. The summed E-state index contributed by atoms with van der Waals surface area (Å²) in [6, 6.07) is 0. The van der Waals surface area contributed by atoms with Crippen LogP contribution in [-0.4, -0.2) is 45.0 Å². The summed E-state index contributed by atoms with van der Waals surface area (Å²) in [7, 11) is 1.72. The second-order valence-electron chi connectivity index (χ2n) is 6.34. The number of aliphatic carboxylic acids is 1. The lowest BCUT2D eigenvalue weighted by molar-refractivity contribution is -0.190. The van der Waals surface area contributed by atoms with E-state index in [4.69, 9.17) is 4.74 Å². The third-order valence-electron chi connectivity index (χ3n) is 4.71. The van der Waals surface area contributed by atoms with Crippen molar-refractivity contribution in [2.45, 2.75) is 45.8 Å². The molecule has 122 valence electrons. The quantitative estimate of drug-likeness (QED) is 0.850. The fraction of sp³-hybridized carbons (Fsp3) is 0.667. The van der Waals surface area contributed by atoms with Crippen molar-refractivity contribution in [3.8, 4) is 0 Å². The van der Waals surface area contributed by atoms with E-state index in [0.29, 0.717) is 17.9 Å². The number of carbonyl (C=O) groups is 2. The molecule has 0 saturated heterocycles. The molecule has 0 radical (unpaired) electrons. The topological polar surface area (TPSA) is 93.5 Å². The zero-order valence-electron chi connectivity index (χ0n) is 13.6. The van der Waals surface area contributed by atoms with Gasteiger partial charge in [0.2, 0.25) is 0 Å². The van der Waals surface area contributed by atoms with Crippen LogP contribution in [0.2, 0.25) is 0 Å². The average Bonchev–Trinajstić information content (AvgIpc) is 2.75. The third-order valence-corrected chi connectivity index (χ3v) is 4.71. The highest BCUT2D eigenvalue weighted by Crippen LogP contribution is 2.51. The van der Waals surface area contributed by atoms with Crippen LogP contribution in [0.4, 0.5) is 0 Å². The number of carboxylic acid groups (broad SMARTS) is 1. The predicted molar refractivity (Wildman–Crippen MR) is 79.6 cm³/mol. The van der Waals surface area contributed by atoms with E-state index in [1.54, 1.807) is 34.0 Å². The first-order valence-corrected chi connectivity index (χ1v) is 7.33. The maximum atomic E-state index is 12.5. The molecule has 7 nitrogen and oxygen atoms in total. The minimum Gasteiger partial charge on any atom is -0.479 e. The van der Waals surface area contributed by atoms with Gasteiger partial charge in [0, 0.05) is 31.7 Å². The van der Waals surface area contributed by atoms with Gasteiger partial charge in [-0.2, -0.15) is 5.10 Å². The van der Waals surface area contributed by atoms with E-state index >= 15 is 0 Å². The van der Waals surface area contributed by atoms with Crippen LogP contribution in [0.1, 0.15) is 43.2 Å². The second kappa shape index (κ2) is 5.39. The summed E-state index contributed by atoms with van der Waals surface area (Å²) in [5.74, 6) is -1.46. The molecule has 22 heavy (non-hydrogen) atoms. The van der Waals surface area contributed by atoms with Gasteiger partial charge >= 0.3 is 5.97 Å². The number of hydrogen-bond acceptors (Lipinski definition) is 4. The summed E-state index contributed by atoms with van der Waals surface area (Å²) in [4.78, 5) is 24.3. The van der Waals surface area contributed by atoms with E-state index in [1.807, 2.05) is 6.92 Å². The van der Waals surface area contributed by atoms with E-state index in [9.17, 15) is 14.7 Å². The van der Waals surface area contributed by atoms with Gasteiger partial charge in [0.1, 0.15) is 5.54 Å². The number of nitrogens with one attached hydrogen (secondary N) is 1. The molecule has 1 heterocycles. The van der Waals surface area contributed by atoms with Crippen LogP contribution in [0.3, 0.4) is 0 Å². The molecule has 1 saturated carbocycles. The Kier molecular flexibility index (Phi) is 4.04. The highest BCUT2D eigenvalue weighted by Gasteiger charge is 2.66. The van der Waals surface area contributed by atoms with E-state index in [-0.39, 0.29) is 12.5 Å². The summed E-state index contributed by atoms with van der Waals surface area (Å²) >= 11 is 0. The molecule has 0 unspecified atom stereocenters. The Morgan fingerprint density at radius 3 is 2.59 bits per heavy atom. The van der Waals surface area contributed by atoms with Crippen molar-refractivity contribution in [1.82, 2.24) is 15.1 Å². The van der Waals surface area contributed by atoms with Gasteiger partial charge in [0.15, 0.2) is 0 Å². The molecule has 2 atom stereocenters. The molecule has 7 heteroatoms. The Morgan fingerprint density at radius 2 is 2.18 bits per heavy atom. The van der Waals surface area contributed by atoms with Gasteiger partial charge in [-0.3, -0.25) is 9.48 Å². The lowest BCUT2D eigenvalue weighted by Gasteiger charge is -2.58. The molecule has 2 rings (SSSR count). The normalized spacial score (nSPS) is 26.3. The number of ether oxygens (including phenoxy) is 1. The van der Waals surface area contributed by atoms with Gasteiger partial charge in [-0.15, -0.1) is 0 Å². The van der Waals surface area contributed by atoms with Crippen molar-refractivity contribution in [1.29, 1.82) is 0 Å². The molecular formula is C15H23N3O4. The summed E-state index contributed by atoms with van der Waals surface area (Å²) in [5.41, 5.74) is -1.06. The molecule has 1 aliphatic rings. The lowest BCUT2D eigenvalue weighted by atomic mass is 9.54. The van der Waals surface area contributed by atoms with Crippen LogP contribution in [0.15, 0.2) is 6.20 Å². The van der Waals surface area contributed by atoms with Crippen molar-refractivity contribution < 1.29 is 19.4 Å². The van der Waals surface area contributed by atoms with Crippen LogP contribution in [0, 0.1) is 12.3 Å². The van der Waals surface area contributed by atoms with Crippen molar-refractivity contribution in [3.63, 3.8) is 0 Å². The SMILES string of the molecule is CCO[C@H]1C[C@](NC(=O)c2cn(C)nc2C)(C(=O)O)C1(C)C. The Labute approximate surface area is 129 Å². The third kappa shape index (κ3) is 2.29. The molecule has 1 amide bonds. The van der Waals surface area contributed by atoms with Crippen LogP contribution < -0.4 is 5.32 Å². The van der Waals surface area contributed by atoms with Crippen LogP contribution in [-0.2, 0) is 16.6 Å². The van der Waals surface area contributed by atoms with Crippen molar-refractivity contribution in [2.24, 2.45) is 12.5 Å². The molecule has 0 aromatic carbocycles. The zero-order chi connectivity index (χ0) is 16.7. The van der Waals surface area contributed by atoms with Gasteiger partial charge in [-0.05, 0) is 13.8 Å². The highest BCUT2D eigenvalue weighted by molar-refractivity contribution is 5.99. The Hall–Kier alpha value is -1.89. The first-order valence-electron chi connectivity index (χ1n) is 7.33. The van der Waals surface area contributed by atoms with Crippen LogP contribution in [0.5, 0.6) is 0 Å². The number of hydrogen-bond donors (Lipinski definition) is 2. The first-order chi connectivity index (χ1) is 10.2. The number of carboxylic acids is 1. The summed E-state index contributed by atoms with van der Waals surface area (Å²) in [5, 5.41) is 16.5. The molecule has 0 bridgehead atoms. The minimum atomic E-state index is -1.33. The molecule has 1 aromatic heterocycles. The van der Waals surface area contributed by atoms with E-state index in [0.717, 1.165) is 0 Å². The van der Waals surface area contributed by atoms with E-state index in [2.05, 4.69) is 10.4 Å². The molecule has 0 aliphatic heterocycles. The Bertz CT molecular complexity index is 608. The fourth-order valence-electron chi connectivity index (χ4n) is 3.12. The minimum absolute atomic E-state index is 0.191. The maximum Gasteiger partial charge on any atom is 0.330 e. The van der Waals surface area contributed by atoms with Crippen LogP contribution in [0.25, 0.3) is 0 Å². The average molecular weight is 309 g/mol. The van der Waals surface area contributed by atoms with Gasteiger partial charge in [0.05, 0.1) is 17.4 Å². The molecule has 1 aromatic rings. The standard InChI is InChI=1S/C15H23N3O4/c1-6-22-11-7-15(13(20)21,14(11,3)4)16-12(19)10-8-18(5)17-9(10)2/h8,11H,6-7H2,1-5H3,(H,16,19)(H,20,21)/t11-,15-/m0/s1. The maximum absolute atomic E-state index is 12.5. The van der Waals surface area contributed by atoms with Gasteiger partial charge in [-0.25, -0.2) is 4.79 Å². The number of aromatic nitrogens is 2. The van der Waals surface area contributed by atoms with Crippen molar-refractivity contribution in [3.05, 3.63) is 17.5 Å². The largest absolute Gasteiger partial charge is 0.479 e. The van der Waals surface area contributed by atoms with Crippen molar-refractivity contribution in [2.75, 3.05) is 6.61 Å². The van der Waals surface area contributed by atoms with E-state index in [1.165, 1.54) is 4.68 Å². The second-order valence-corrected chi connectivity index (χ2v) is 6.34. The molecular weight excluding hydrogens is 286 g/mol. The number of carbonyl (C=O) groups excluding carboxylic acids is 1. The van der Waals surface area contributed by atoms with Crippen LogP contribution >= 0.6 is 0 Å². The number of amides is 1. The van der Waals surface area contributed by atoms with Crippen molar-refractivity contribution >= 4 is 11.9 Å². The van der Waals surface area contributed by atoms with Gasteiger partial charge < -0.3 is 15.2 Å². The number of rotatable bonds is 5. The highest BCUT2D eigenvalue weighted by atomic mass is 16.5. The summed E-state index contributed by atoms with van der Waals surface area (Å²) < 4.78 is 7.12. The number of aryl methyl sites for hydroxylation is 2. The molecule has 1 aliphatic carbocycles. The summed E-state index contributed by atoms with van der Waals surface area (Å²) in [6.07, 6.45) is 1.66. The summed E-state index contributed by atoms with van der Waals surface area (Å²) in [6.45, 7) is 7.72. The predicted octanol–water partition coefficient (Wildman–Crippen LogP) is 1.12. The molecule has 1 fully saturated rings. The number of nitrogens with zero attached hydrogens (tertiary/aromatic N) is 2. The van der Waals surface area contributed by atoms with E-state index < -0.39 is 22.8 Å².